The van der Waals surface area contributed by atoms with Crippen LogP contribution in [0.4, 0.5) is 0 Å². The van der Waals surface area contributed by atoms with E-state index in [0.717, 1.165) is 0 Å². The maximum Gasteiger partial charge on any atom is 0.436 e. The standard InChI is InChI=1S/CH2N6O2/c2-7(9)1(4-8)3-5-6-7/h2H2. The largest absolute Gasteiger partial charge is 0.575 e. The van der Waals surface area contributed by atoms with Crippen molar-refractivity contribution in [3.8, 4) is 0 Å². The number of hydrogen-bond donors (Lipinski definition) is 1. The average Bonchev–Trinajstić information content (AvgIpc) is 2.08. The quantitative estimate of drug-likeness (QED) is 0.208. The Morgan fingerprint density at radius 2 is 2.44 bits per heavy atom. The highest BCUT2D eigenvalue weighted by atomic mass is 16.6. The molecule has 1 aliphatic rings. The van der Waals surface area contributed by atoms with Crippen LogP contribution in [0, 0.1) is 10.1 Å². The van der Waals surface area contributed by atoms with Crippen molar-refractivity contribution < 1.29 is 4.86 Å². The molecule has 48 valence electrons. The van der Waals surface area contributed by atoms with E-state index in [9.17, 15) is 10.1 Å². The molecule has 0 aromatic carbocycles. The first kappa shape index (κ1) is 5.88. The smallest absolute Gasteiger partial charge is 0.436 e. The van der Waals surface area contributed by atoms with E-state index in [1.165, 1.54) is 0 Å². The van der Waals surface area contributed by atoms with Gasteiger partial charge in [-0.05, 0) is 5.10 Å². The lowest BCUT2D eigenvalue weighted by molar-refractivity contribution is -0.811. The van der Waals surface area contributed by atoms with E-state index < -0.39 is 10.8 Å². The number of nitrogens with zero attached hydrogens (tertiary/aromatic N) is 5. The van der Waals surface area contributed by atoms with Gasteiger partial charge >= 0.3 is 5.96 Å². The molecular weight excluding hydrogens is 128 g/mol. The van der Waals surface area contributed by atoms with Crippen LogP contribution in [0.3, 0.4) is 0 Å². The minimum atomic E-state index is -1.76. The number of nitrogens with two attached hydrogens (primary N) is 1. The molecule has 1 atom stereocenters. The maximum absolute atomic E-state index is 10.5. The summed E-state index contributed by atoms with van der Waals surface area (Å²) < 4.78 is 0. The van der Waals surface area contributed by atoms with Crippen molar-refractivity contribution in [2.24, 2.45) is 26.6 Å². The monoisotopic (exact) mass is 130 g/mol. The summed E-state index contributed by atoms with van der Waals surface area (Å²) in [5, 5.41) is 21.3. The van der Waals surface area contributed by atoms with Gasteiger partial charge in [0.15, 0.2) is 0 Å². The second-order valence-corrected chi connectivity index (χ2v) is 1.29. The Balaban J connectivity index is 2.91. The molecule has 8 heteroatoms. The van der Waals surface area contributed by atoms with E-state index in [1.54, 1.807) is 0 Å². The molecular formula is CH2N6O2. The molecule has 0 aromatic heterocycles. The predicted molar refractivity (Wildman–Crippen MR) is 25.9 cm³/mol. The Bertz CT molecular complexity index is 191. The molecule has 1 heterocycles. The fourth-order valence-electron chi connectivity index (χ4n) is 0.300. The lowest BCUT2D eigenvalue weighted by Crippen LogP contribution is -2.45. The fourth-order valence-corrected chi connectivity index (χ4v) is 0.300. The molecule has 2 N–H and O–H groups in total. The summed E-state index contributed by atoms with van der Waals surface area (Å²) in [4.78, 5) is 7.87. The lowest BCUT2D eigenvalue weighted by atomic mass is 11.0. The highest BCUT2D eigenvalue weighted by Crippen LogP contribution is 2.08. The van der Waals surface area contributed by atoms with Crippen molar-refractivity contribution in [3.05, 3.63) is 10.1 Å². The summed E-state index contributed by atoms with van der Waals surface area (Å²) in [5.74, 6) is 4.03. The molecule has 1 aliphatic heterocycles. The second kappa shape index (κ2) is 1.62. The van der Waals surface area contributed by atoms with Gasteiger partial charge in [-0.2, -0.15) is 0 Å². The van der Waals surface area contributed by atoms with Crippen LogP contribution in [0.5, 0.6) is 0 Å². The Hall–Kier alpha value is -1.25. The Kier molecular flexibility index (Phi) is 1.06. The van der Waals surface area contributed by atoms with Gasteiger partial charge in [-0.1, -0.05) is 4.86 Å². The highest BCUT2D eigenvalue weighted by Gasteiger charge is 2.28. The van der Waals surface area contributed by atoms with E-state index in [1.807, 2.05) is 0 Å². The van der Waals surface area contributed by atoms with Gasteiger partial charge in [0.2, 0.25) is 0 Å². The van der Waals surface area contributed by atoms with Crippen LogP contribution in [-0.4, -0.2) is 10.8 Å². The van der Waals surface area contributed by atoms with Crippen LogP contribution < -0.4 is 5.84 Å². The zero-order valence-corrected chi connectivity index (χ0v) is 4.13. The summed E-state index contributed by atoms with van der Waals surface area (Å²) in [6.45, 7) is 0. The number of guanidine groups is 1. The Morgan fingerprint density at radius 1 is 1.78 bits per heavy atom. The first-order valence-electron chi connectivity index (χ1n) is 1.89. The normalized spacial score (nSPS) is 32.4. The van der Waals surface area contributed by atoms with Gasteiger partial charge in [-0.25, -0.2) is 0 Å². The topological polar surface area (TPSA) is 116 Å². The van der Waals surface area contributed by atoms with Crippen LogP contribution in [0.15, 0.2) is 20.7 Å². The predicted octanol–water partition coefficient (Wildman–Crippen LogP) is -0.407. The lowest BCUT2D eigenvalue weighted by Gasteiger charge is -2.17. The number of hydrogen-bond acceptors (Lipinski definition) is 7. The molecule has 0 aromatic rings. The van der Waals surface area contributed by atoms with Gasteiger partial charge in [0.05, 0.1) is 10.4 Å². The molecule has 0 bridgehead atoms. The van der Waals surface area contributed by atoms with E-state index >= 15 is 0 Å². The fraction of sp³-hybridized carbons (Fsp3) is 0. The average molecular weight is 130 g/mol. The van der Waals surface area contributed by atoms with E-state index in [4.69, 9.17) is 5.84 Å². The summed E-state index contributed by atoms with van der Waals surface area (Å²) in [7, 11) is 0. The number of quaternary nitrogens is 1. The molecule has 8 nitrogen and oxygen atoms in total. The maximum atomic E-state index is 10.5. The summed E-state index contributed by atoms with van der Waals surface area (Å²) in [6, 6.07) is 0. The molecule has 1 unspecified atom stereocenters. The highest BCUT2D eigenvalue weighted by molar-refractivity contribution is 5.73. The van der Waals surface area contributed by atoms with Crippen molar-refractivity contribution >= 4 is 5.96 Å². The minimum absolute atomic E-state index is 0.699. The van der Waals surface area contributed by atoms with Crippen molar-refractivity contribution in [3.63, 3.8) is 0 Å². The Labute approximate surface area is 48.7 Å². The Morgan fingerprint density at radius 3 is 2.67 bits per heavy atom. The van der Waals surface area contributed by atoms with Crippen LogP contribution in [0.1, 0.15) is 0 Å². The van der Waals surface area contributed by atoms with Crippen molar-refractivity contribution in [1.82, 2.24) is 0 Å². The third-order valence-corrected chi connectivity index (χ3v) is 0.675. The van der Waals surface area contributed by atoms with E-state index in [-0.39, 0.29) is 0 Å². The molecule has 0 saturated heterocycles. The van der Waals surface area contributed by atoms with Gasteiger partial charge in [0.25, 0.3) is 0 Å². The van der Waals surface area contributed by atoms with Gasteiger partial charge in [0, 0.05) is 5.22 Å². The minimum Gasteiger partial charge on any atom is -0.575 e. The first-order chi connectivity index (χ1) is 4.17. The van der Waals surface area contributed by atoms with E-state index in [2.05, 4.69) is 20.7 Å². The molecule has 0 amide bonds. The van der Waals surface area contributed by atoms with Gasteiger partial charge in [0.1, 0.15) is 0 Å². The third kappa shape index (κ3) is 0.806. The summed E-state index contributed by atoms with van der Waals surface area (Å²) >= 11 is 0. The molecule has 0 radical (unpaired) electrons. The van der Waals surface area contributed by atoms with Gasteiger partial charge in [-0.3, -0.25) is 0 Å². The van der Waals surface area contributed by atoms with Crippen LogP contribution in [0.25, 0.3) is 0 Å². The van der Waals surface area contributed by atoms with Gasteiger partial charge < -0.3 is 5.21 Å². The second-order valence-electron chi connectivity index (χ2n) is 1.29. The van der Waals surface area contributed by atoms with Gasteiger partial charge in [-0.15, -0.1) is 10.7 Å². The summed E-state index contributed by atoms with van der Waals surface area (Å²) in [6.07, 6.45) is 0. The molecule has 9 heavy (non-hydrogen) atoms. The van der Waals surface area contributed by atoms with Crippen LogP contribution in [0.2, 0.25) is 0 Å². The molecule has 1 rings (SSSR count). The van der Waals surface area contributed by atoms with Crippen molar-refractivity contribution in [2.45, 2.75) is 0 Å². The number of nitroso groups, excluding NO2 is 1. The molecule has 0 spiro atoms. The van der Waals surface area contributed by atoms with Crippen molar-refractivity contribution in [2.75, 3.05) is 0 Å². The van der Waals surface area contributed by atoms with Crippen molar-refractivity contribution in [1.29, 1.82) is 0 Å². The zero-order valence-electron chi connectivity index (χ0n) is 4.13. The molecule has 0 saturated carbocycles. The SMILES string of the molecule is N[N+]1([O-])N=NN=C1N=O. The number of hydroxylamine groups is 1. The molecule has 0 aliphatic carbocycles. The van der Waals surface area contributed by atoms with E-state index in [0.29, 0.717) is 0 Å². The summed E-state index contributed by atoms with van der Waals surface area (Å²) in [5.41, 5.74) is 0. The van der Waals surface area contributed by atoms with Crippen LogP contribution in [-0.2, 0) is 0 Å². The molecule has 0 fully saturated rings. The number of rotatable bonds is 0. The first-order valence-corrected chi connectivity index (χ1v) is 1.89. The van der Waals surface area contributed by atoms with Crippen LogP contribution >= 0.6 is 0 Å². The zero-order chi connectivity index (χ0) is 6.91. The third-order valence-electron chi connectivity index (χ3n) is 0.675.